The Kier molecular flexibility index (Phi) is 3.41. The molecule has 0 fully saturated rings. The maximum Gasteiger partial charge on any atom is 0.418 e. The molecule has 1 N–H and O–H groups in total. The number of alkyl halides is 3. The van der Waals surface area contributed by atoms with Crippen LogP contribution in [0.4, 0.5) is 13.2 Å². The van der Waals surface area contributed by atoms with Gasteiger partial charge < -0.3 is 5.11 Å². The number of hydrogen-bond acceptors (Lipinski definition) is 3. The van der Waals surface area contributed by atoms with Crippen LogP contribution in [0.2, 0.25) is 0 Å². The molecule has 1 aliphatic rings. The van der Waals surface area contributed by atoms with Gasteiger partial charge in [-0.1, -0.05) is 24.3 Å². The summed E-state index contributed by atoms with van der Waals surface area (Å²) in [6, 6.07) is 7.09. The fraction of sp³-hybridized carbons (Fsp3) is 0.312. The third kappa shape index (κ3) is 2.01. The summed E-state index contributed by atoms with van der Waals surface area (Å²) in [7, 11) is 0. The van der Waals surface area contributed by atoms with Gasteiger partial charge in [0.1, 0.15) is 0 Å². The monoisotopic (exact) mass is 325 g/mol. The van der Waals surface area contributed by atoms with Crippen molar-refractivity contribution in [2.75, 3.05) is 0 Å². The quantitative estimate of drug-likeness (QED) is 0.870. The Balaban J connectivity index is 2.31. The second-order valence-corrected chi connectivity index (χ2v) is 6.45. The van der Waals surface area contributed by atoms with Crippen molar-refractivity contribution in [3.63, 3.8) is 0 Å². The number of fused-ring (bicyclic) bond motifs is 1. The molecule has 3 rings (SSSR count). The smallest absolute Gasteiger partial charge is 0.380 e. The zero-order chi connectivity index (χ0) is 16.0. The van der Waals surface area contributed by atoms with Gasteiger partial charge in [0.25, 0.3) is 0 Å². The van der Waals surface area contributed by atoms with Crippen molar-refractivity contribution in [3.8, 4) is 0 Å². The first-order chi connectivity index (χ1) is 10.3. The Morgan fingerprint density at radius 1 is 1.27 bits per heavy atom. The third-order valence-corrected chi connectivity index (χ3v) is 5.31. The van der Waals surface area contributed by atoms with Crippen LogP contribution in [0.3, 0.4) is 0 Å². The van der Waals surface area contributed by atoms with E-state index in [4.69, 9.17) is 0 Å². The molecule has 1 aromatic carbocycles. The van der Waals surface area contributed by atoms with Crippen molar-refractivity contribution in [1.29, 1.82) is 0 Å². The highest BCUT2D eigenvalue weighted by Crippen LogP contribution is 2.51. The van der Waals surface area contributed by atoms with Gasteiger partial charge in [0.05, 0.1) is 5.41 Å². The minimum absolute atomic E-state index is 0.00692. The average molecular weight is 325 g/mol. The number of aliphatic hydroxyl groups is 1. The molecule has 1 aliphatic heterocycles. The topological polar surface area (TPSA) is 32.6 Å². The zero-order valence-electron chi connectivity index (χ0n) is 11.8. The van der Waals surface area contributed by atoms with E-state index in [0.29, 0.717) is 5.56 Å². The Morgan fingerprint density at radius 3 is 2.68 bits per heavy atom. The Labute approximate surface area is 129 Å². The lowest BCUT2D eigenvalue weighted by atomic mass is 9.65. The van der Waals surface area contributed by atoms with Crippen LogP contribution in [0.15, 0.2) is 46.9 Å². The lowest BCUT2D eigenvalue weighted by Gasteiger charge is -2.45. The molecule has 0 radical (unpaired) electrons. The molecule has 0 saturated heterocycles. The first kappa shape index (κ1) is 15.2. The van der Waals surface area contributed by atoms with E-state index in [2.05, 4.69) is 4.99 Å². The van der Waals surface area contributed by atoms with Crippen molar-refractivity contribution < 1.29 is 18.3 Å². The van der Waals surface area contributed by atoms with Crippen LogP contribution in [0.25, 0.3) is 10.1 Å². The van der Waals surface area contributed by atoms with Gasteiger partial charge in [0, 0.05) is 17.1 Å². The van der Waals surface area contributed by atoms with Crippen LogP contribution in [0, 0.1) is 0 Å². The van der Waals surface area contributed by atoms with Crippen molar-refractivity contribution >= 4 is 27.6 Å². The van der Waals surface area contributed by atoms with E-state index in [1.807, 2.05) is 17.5 Å². The molecular formula is C16H14F3NOS. The highest BCUT2D eigenvalue weighted by Gasteiger charge is 2.63. The average Bonchev–Trinajstić information content (AvgIpc) is 2.95. The summed E-state index contributed by atoms with van der Waals surface area (Å²) in [5, 5.41) is 13.2. The molecule has 2 atom stereocenters. The van der Waals surface area contributed by atoms with E-state index in [-0.39, 0.29) is 6.42 Å². The normalized spacial score (nSPS) is 24.6. The number of nitrogens with zero attached hydrogens (tertiary/aromatic N) is 1. The maximum atomic E-state index is 13.5. The van der Waals surface area contributed by atoms with Gasteiger partial charge in [-0.2, -0.15) is 13.2 Å². The fourth-order valence-electron chi connectivity index (χ4n) is 2.92. The molecule has 0 amide bonds. The molecule has 22 heavy (non-hydrogen) atoms. The fourth-order valence-corrected chi connectivity index (χ4v) is 3.92. The number of thiophene rings is 1. The summed E-state index contributed by atoms with van der Waals surface area (Å²) < 4.78 is 41.4. The Bertz CT molecular complexity index is 760. The van der Waals surface area contributed by atoms with E-state index in [9.17, 15) is 18.3 Å². The van der Waals surface area contributed by atoms with Gasteiger partial charge >= 0.3 is 6.18 Å². The molecule has 2 aromatic rings. The molecule has 0 saturated carbocycles. The number of rotatable bonds is 2. The lowest BCUT2D eigenvalue weighted by Crippen LogP contribution is -2.58. The SMILES string of the molecule is CC(O)(C(F)(F)F)C1(c2cccc3ccsc23)C=CN=CC1. The molecule has 0 spiro atoms. The molecule has 2 heterocycles. The number of hydrogen-bond donors (Lipinski definition) is 1. The van der Waals surface area contributed by atoms with Crippen LogP contribution >= 0.6 is 11.3 Å². The zero-order valence-corrected chi connectivity index (χ0v) is 12.6. The predicted octanol–water partition coefficient (Wildman–Crippen LogP) is 4.44. The van der Waals surface area contributed by atoms with Crippen molar-refractivity contribution in [1.82, 2.24) is 0 Å². The first-order valence-corrected chi connectivity index (χ1v) is 7.63. The second-order valence-electron chi connectivity index (χ2n) is 5.54. The summed E-state index contributed by atoms with van der Waals surface area (Å²) in [5.74, 6) is 0. The van der Waals surface area contributed by atoms with Crippen molar-refractivity contribution in [2.24, 2.45) is 4.99 Å². The molecule has 0 aliphatic carbocycles. The van der Waals surface area contributed by atoms with Gasteiger partial charge in [-0.05, 0) is 35.7 Å². The third-order valence-electron chi connectivity index (χ3n) is 4.34. The molecule has 2 unspecified atom stereocenters. The molecule has 2 nitrogen and oxygen atoms in total. The Hall–Kier alpha value is -1.66. The summed E-state index contributed by atoms with van der Waals surface area (Å²) in [5.41, 5.74) is -4.01. The predicted molar refractivity (Wildman–Crippen MR) is 82.4 cm³/mol. The number of benzene rings is 1. The molecule has 0 bridgehead atoms. The van der Waals surface area contributed by atoms with Gasteiger partial charge in [-0.15, -0.1) is 11.3 Å². The van der Waals surface area contributed by atoms with Crippen LogP contribution in [-0.4, -0.2) is 23.1 Å². The van der Waals surface area contributed by atoms with Crippen LogP contribution in [-0.2, 0) is 5.41 Å². The largest absolute Gasteiger partial charge is 0.418 e. The lowest BCUT2D eigenvalue weighted by molar-refractivity contribution is -0.271. The van der Waals surface area contributed by atoms with E-state index in [0.717, 1.165) is 17.0 Å². The standard InChI is InChI=1S/C16H14F3NOS/c1-14(21,16(17,18)19)15(6-8-20-9-7-15)12-4-2-3-11-5-10-22-13(11)12/h2-6,8-10,21H,7H2,1H3. The van der Waals surface area contributed by atoms with Crippen LogP contribution in [0.5, 0.6) is 0 Å². The van der Waals surface area contributed by atoms with Crippen molar-refractivity contribution in [2.45, 2.75) is 30.5 Å². The van der Waals surface area contributed by atoms with Crippen LogP contribution in [0.1, 0.15) is 18.9 Å². The van der Waals surface area contributed by atoms with E-state index in [1.165, 1.54) is 29.8 Å². The minimum atomic E-state index is -4.76. The van der Waals surface area contributed by atoms with Gasteiger partial charge in [0.2, 0.25) is 0 Å². The minimum Gasteiger partial charge on any atom is -0.380 e. The van der Waals surface area contributed by atoms with E-state index < -0.39 is 17.2 Å². The second kappa shape index (κ2) is 4.93. The molecular weight excluding hydrogens is 311 g/mol. The van der Waals surface area contributed by atoms with Gasteiger partial charge in [-0.3, -0.25) is 4.99 Å². The van der Waals surface area contributed by atoms with Gasteiger partial charge in [-0.25, -0.2) is 0 Å². The van der Waals surface area contributed by atoms with E-state index >= 15 is 0 Å². The number of halogens is 3. The molecule has 116 valence electrons. The summed E-state index contributed by atoms with van der Waals surface area (Å²) in [6.07, 6.45) is -0.646. The van der Waals surface area contributed by atoms with Crippen LogP contribution < -0.4 is 0 Å². The van der Waals surface area contributed by atoms with Gasteiger partial charge in [0.15, 0.2) is 5.60 Å². The van der Waals surface area contributed by atoms with Crippen molar-refractivity contribution in [3.05, 3.63) is 47.5 Å². The maximum absolute atomic E-state index is 13.5. The summed E-state index contributed by atoms with van der Waals surface area (Å²) in [6.45, 7) is 0.836. The highest BCUT2D eigenvalue weighted by atomic mass is 32.1. The van der Waals surface area contributed by atoms with E-state index in [1.54, 1.807) is 12.1 Å². The number of aliphatic imine (C=N–C) groups is 1. The molecule has 1 aromatic heterocycles. The highest BCUT2D eigenvalue weighted by molar-refractivity contribution is 7.17. The summed E-state index contributed by atoms with van der Waals surface area (Å²) in [4.78, 5) is 3.88. The first-order valence-electron chi connectivity index (χ1n) is 6.75. The molecule has 6 heteroatoms. The Morgan fingerprint density at radius 2 is 2.05 bits per heavy atom. The summed E-state index contributed by atoms with van der Waals surface area (Å²) >= 11 is 1.38.